The van der Waals surface area contributed by atoms with Crippen LogP contribution in [0.15, 0.2) is 36.4 Å². The molecule has 3 N–H and O–H groups in total. The number of aryl methyl sites for hydroxylation is 2. The van der Waals surface area contributed by atoms with Crippen molar-refractivity contribution < 1.29 is 4.79 Å². The van der Waals surface area contributed by atoms with Crippen LogP contribution in [0.5, 0.6) is 0 Å². The molecule has 19 heavy (non-hydrogen) atoms. The van der Waals surface area contributed by atoms with Gasteiger partial charge in [0.1, 0.15) is 0 Å². The molecule has 0 aliphatic carbocycles. The molecule has 2 rings (SSSR count). The van der Waals surface area contributed by atoms with E-state index < -0.39 is 0 Å². The van der Waals surface area contributed by atoms with E-state index in [0.717, 1.165) is 14.7 Å². The van der Waals surface area contributed by atoms with E-state index in [1.54, 1.807) is 12.1 Å². The Labute approximate surface area is 126 Å². The van der Waals surface area contributed by atoms with E-state index in [4.69, 9.17) is 5.73 Å². The molecule has 0 bridgehead atoms. The van der Waals surface area contributed by atoms with E-state index in [1.165, 1.54) is 0 Å². The fourth-order valence-electron chi connectivity index (χ4n) is 1.74. The maximum Gasteiger partial charge on any atom is 0.255 e. The van der Waals surface area contributed by atoms with Crippen LogP contribution in [-0.4, -0.2) is 5.91 Å². The Bertz CT molecular complexity index is 621. The topological polar surface area (TPSA) is 55.1 Å². The number of hydrogen-bond donors (Lipinski definition) is 2. The molecule has 0 aliphatic heterocycles. The van der Waals surface area contributed by atoms with Gasteiger partial charge < -0.3 is 11.1 Å². The summed E-state index contributed by atoms with van der Waals surface area (Å²) < 4.78 is 1.10. The SMILES string of the molecule is Cc1cc(N)c(NC(=O)c2ccc(I)cc2)cc1C. The van der Waals surface area contributed by atoms with Crippen molar-refractivity contribution >= 4 is 39.9 Å². The second-order valence-electron chi connectivity index (χ2n) is 4.48. The third-order valence-corrected chi connectivity index (χ3v) is 3.74. The Morgan fingerprint density at radius 3 is 2.32 bits per heavy atom. The molecule has 2 aromatic rings. The number of amides is 1. The van der Waals surface area contributed by atoms with E-state index in [2.05, 4.69) is 27.9 Å². The zero-order valence-corrected chi connectivity index (χ0v) is 13.0. The Balaban J connectivity index is 2.24. The first-order valence-electron chi connectivity index (χ1n) is 5.91. The van der Waals surface area contributed by atoms with Crippen LogP contribution in [0.3, 0.4) is 0 Å². The molecule has 98 valence electrons. The third kappa shape index (κ3) is 3.26. The number of hydrogen-bond acceptors (Lipinski definition) is 2. The molecule has 0 spiro atoms. The van der Waals surface area contributed by atoms with Crippen LogP contribution in [-0.2, 0) is 0 Å². The van der Waals surface area contributed by atoms with Gasteiger partial charge >= 0.3 is 0 Å². The first kappa shape index (κ1) is 13.9. The minimum Gasteiger partial charge on any atom is -0.397 e. The number of carbonyl (C=O) groups excluding carboxylic acids is 1. The number of nitrogens with two attached hydrogens (primary N) is 1. The Morgan fingerprint density at radius 1 is 1.11 bits per heavy atom. The van der Waals surface area contributed by atoms with Gasteiger partial charge in [-0.25, -0.2) is 0 Å². The highest BCUT2D eigenvalue weighted by atomic mass is 127. The highest BCUT2D eigenvalue weighted by Crippen LogP contribution is 2.23. The van der Waals surface area contributed by atoms with Gasteiger partial charge in [-0.1, -0.05) is 0 Å². The Hall–Kier alpha value is -1.56. The number of benzene rings is 2. The molecule has 3 nitrogen and oxygen atoms in total. The predicted molar refractivity (Wildman–Crippen MR) is 87.4 cm³/mol. The molecule has 0 aliphatic rings. The van der Waals surface area contributed by atoms with Gasteiger partial charge in [0.2, 0.25) is 0 Å². The summed E-state index contributed by atoms with van der Waals surface area (Å²) in [7, 11) is 0. The molecule has 0 heterocycles. The summed E-state index contributed by atoms with van der Waals surface area (Å²) in [5.41, 5.74) is 10.0. The molecule has 0 atom stereocenters. The second kappa shape index (κ2) is 5.61. The van der Waals surface area contributed by atoms with Crippen LogP contribution in [0, 0.1) is 17.4 Å². The van der Waals surface area contributed by atoms with Gasteiger partial charge in [0.15, 0.2) is 0 Å². The molecule has 0 fully saturated rings. The van der Waals surface area contributed by atoms with Gasteiger partial charge in [0.05, 0.1) is 11.4 Å². The summed E-state index contributed by atoms with van der Waals surface area (Å²) in [5, 5.41) is 2.85. The lowest BCUT2D eigenvalue weighted by Gasteiger charge is -2.11. The lowest BCUT2D eigenvalue weighted by Crippen LogP contribution is -2.13. The average molecular weight is 366 g/mol. The highest BCUT2D eigenvalue weighted by Gasteiger charge is 2.09. The molecule has 0 unspecified atom stereocenters. The highest BCUT2D eigenvalue weighted by molar-refractivity contribution is 14.1. The van der Waals surface area contributed by atoms with Crippen LogP contribution < -0.4 is 11.1 Å². The number of halogens is 1. The van der Waals surface area contributed by atoms with E-state index in [0.29, 0.717) is 16.9 Å². The van der Waals surface area contributed by atoms with Gasteiger partial charge in [-0.3, -0.25) is 4.79 Å². The number of anilines is 2. The van der Waals surface area contributed by atoms with Crippen LogP contribution >= 0.6 is 22.6 Å². The molecule has 0 saturated carbocycles. The zero-order valence-electron chi connectivity index (χ0n) is 10.8. The number of rotatable bonds is 2. The van der Waals surface area contributed by atoms with E-state index in [9.17, 15) is 4.79 Å². The predicted octanol–water partition coefficient (Wildman–Crippen LogP) is 3.74. The maximum atomic E-state index is 12.1. The minimum atomic E-state index is -0.147. The summed E-state index contributed by atoms with van der Waals surface area (Å²) in [6.07, 6.45) is 0. The summed E-state index contributed by atoms with van der Waals surface area (Å²) in [6.45, 7) is 3.99. The Kier molecular flexibility index (Phi) is 4.09. The van der Waals surface area contributed by atoms with E-state index in [1.807, 2.05) is 38.1 Å². The van der Waals surface area contributed by atoms with Gasteiger partial charge in [-0.05, 0) is 84.0 Å². The lowest BCUT2D eigenvalue weighted by molar-refractivity contribution is 0.102. The van der Waals surface area contributed by atoms with E-state index in [-0.39, 0.29) is 5.91 Å². The van der Waals surface area contributed by atoms with Crippen LogP contribution in [0.2, 0.25) is 0 Å². The summed E-state index contributed by atoms with van der Waals surface area (Å²) in [5.74, 6) is -0.147. The summed E-state index contributed by atoms with van der Waals surface area (Å²) >= 11 is 2.21. The van der Waals surface area contributed by atoms with Crippen molar-refractivity contribution in [1.82, 2.24) is 0 Å². The van der Waals surface area contributed by atoms with Gasteiger partial charge in [0.25, 0.3) is 5.91 Å². The van der Waals surface area contributed by atoms with Crippen molar-refractivity contribution in [3.63, 3.8) is 0 Å². The van der Waals surface area contributed by atoms with Gasteiger partial charge in [-0.15, -0.1) is 0 Å². The third-order valence-electron chi connectivity index (χ3n) is 3.02. The fourth-order valence-corrected chi connectivity index (χ4v) is 2.10. The largest absolute Gasteiger partial charge is 0.397 e. The van der Waals surface area contributed by atoms with Crippen LogP contribution in [0.25, 0.3) is 0 Å². The standard InChI is InChI=1S/C15H15IN2O/c1-9-7-13(17)14(8-10(9)2)18-15(19)11-3-5-12(16)6-4-11/h3-8H,17H2,1-2H3,(H,18,19). The van der Waals surface area contributed by atoms with Gasteiger partial charge in [0, 0.05) is 9.13 Å². The number of nitrogens with one attached hydrogen (secondary N) is 1. The molecule has 0 saturated heterocycles. The normalized spacial score (nSPS) is 10.3. The molecular formula is C15H15IN2O. The van der Waals surface area contributed by atoms with Crippen molar-refractivity contribution in [1.29, 1.82) is 0 Å². The quantitative estimate of drug-likeness (QED) is 0.629. The average Bonchev–Trinajstić information content (AvgIpc) is 2.36. The first-order valence-corrected chi connectivity index (χ1v) is 6.99. The van der Waals surface area contributed by atoms with E-state index >= 15 is 0 Å². The molecular weight excluding hydrogens is 351 g/mol. The Morgan fingerprint density at radius 2 is 1.68 bits per heavy atom. The minimum absolute atomic E-state index is 0.147. The lowest BCUT2D eigenvalue weighted by atomic mass is 10.1. The molecule has 0 aromatic heterocycles. The van der Waals surface area contributed by atoms with Crippen LogP contribution in [0.4, 0.5) is 11.4 Å². The second-order valence-corrected chi connectivity index (χ2v) is 5.73. The van der Waals surface area contributed by atoms with Crippen molar-refractivity contribution in [2.45, 2.75) is 13.8 Å². The zero-order chi connectivity index (χ0) is 14.0. The van der Waals surface area contributed by atoms with Crippen molar-refractivity contribution in [2.75, 3.05) is 11.1 Å². The van der Waals surface area contributed by atoms with Crippen LogP contribution in [0.1, 0.15) is 21.5 Å². The van der Waals surface area contributed by atoms with Crippen molar-refractivity contribution in [3.8, 4) is 0 Å². The number of carbonyl (C=O) groups is 1. The molecule has 2 aromatic carbocycles. The number of nitrogen functional groups attached to an aromatic ring is 1. The maximum absolute atomic E-state index is 12.1. The van der Waals surface area contributed by atoms with Gasteiger partial charge in [-0.2, -0.15) is 0 Å². The summed E-state index contributed by atoms with van der Waals surface area (Å²) in [6, 6.07) is 11.2. The first-order chi connectivity index (χ1) is 8.97. The molecule has 4 heteroatoms. The monoisotopic (exact) mass is 366 g/mol. The smallest absolute Gasteiger partial charge is 0.255 e. The summed E-state index contributed by atoms with van der Waals surface area (Å²) in [4.78, 5) is 12.1. The fraction of sp³-hybridized carbons (Fsp3) is 0.133. The van der Waals surface area contributed by atoms with Crippen molar-refractivity contribution in [3.05, 3.63) is 56.7 Å². The van der Waals surface area contributed by atoms with Crippen molar-refractivity contribution in [2.24, 2.45) is 0 Å². The molecule has 1 amide bonds. The molecule has 0 radical (unpaired) electrons.